The third-order valence-electron chi connectivity index (χ3n) is 4.42. The Morgan fingerprint density at radius 1 is 1.19 bits per heavy atom. The maximum atomic E-state index is 12.1. The Hall–Kier alpha value is -3.29. The summed E-state index contributed by atoms with van der Waals surface area (Å²) >= 11 is 7.32. The Morgan fingerprint density at radius 2 is 2.00 bits per heavy atom. The van der Waals surface area contributed by atoms with E-state index in [1.54, 1.807) is 37.6 Å². The summed E-state index contributed by atoms with van der Waals surface area (Å²) in [4.78, 5) is 16.6. The standard InChI is InChI=1S/C23H18ClN3O3S/c1-29-20-11-6-15(13-25-27-22(28)16-7-9-18(24)10-8-16)12-17(20)14-31-23-26-19-4-2-3-5-21(19)30-23/h2-13H,14H2,1H3,(H,27,28)/b25-13+. The van der Waals surface area contributed by atoms with Crippen LogP contribution in [0.5, 0.6) is 5.75 Å². The van der Waals surface area contributed by atoms with Crippen molar-refractivity contribution in [2.45, 2.75) is 11.0 Å². The van der Waals surface area contributed by atoms with Crippen LogP contribution in [0, 0.1) is 0 Å². The fraction of sp³-hybridized carbons (Fsp3) is 0.0870. The summed E-state index contributed by atoms with van der Waals surface area (Å²) in [5.41, 5.74) is 6.36. The lowest BCUT2D eigenvalue weighted by atomic mass is 10.1. The van der Waals surface area contributed by atoms with Gasteiger partial charge < -0.3 is 9.15 Å². The van der Waals surface area contributed by atoms with E-state index in [0.29, 0.717) is 21.6 Å². The number of carbonyl (C=O) groups excluding carboxylic acids is 1. The van der Waals surface area contributed by atoms with Gasteiger partial charge in [-0.05, 0) is 60.2 Å². The average molecular weight is 452 g/mol. The number of carbonyl (C=O) groups is 1. The van der Waals surface area contributed by atoms with Crippen LogP contribution in [0.1, 0.15) is 21.5 Å². The number of aromatic nitrogens is 1. The van der Waals surface area contributed by atoms with Crippen molar-refractivity contribution >= 4 is 46.6 Å². The summed E-state index contributed by atoms with van der Waals surface area (Å²) in [6, 6.07) is 19.9. The molecule has 0 aliphatic rings. The molecular formula is C23H18ClN3O3S. The number of hydrazone groups is 1. The highest BCUT2D eigenvalue weighted by Gasteiger charge is 2.10. The van der Waals surface area contributed by atoms with E-state index in [1.807, 2.05) is 42.5 Å². The van der Waals surface area contributed by atoms with E-state index in [9.17, 15) is 4.79 Å². The molecule has 6 nitrogen and oxygen atoms in total. The van der Waals surface area contributed by atoms with Crippen LogP contribution >= 0.6 is 23.4 Å². The summed E-state index contributed by atoms with van der Waals surface area (Å²) in [6.45, 7) is 0. The van der Waals surface area contributed by atoms with E-state index in [0.717, 1.165) is 28.0 Å². The summed E-state index contributed by atoms with van der Waals surface area (Å²) in [7, 11) is 1.63. The number of para-hydroxylation sites is 2. The number of fused-ring (bicyclic) bond motifs is 1. The van der Waals surface area contributed by atoms with Gasteiger partial charge >= 0.3 is 0 Å². The molecule has 0 radical (unpaired) electrons. The van der Waals surface area contributed by atoms with Gasteiger partial charge in [0.05, 0.1) is 13.3 Å². The van der Waals surface area contributed by atoms with Crippen LogP contribution in [0.2, 0.25) is 5.02 Å². The Labute approximate surface area is 188 Å². The van der Waals surface area contributed by atoms with Crippen molar-refractivity contribution in [3.8, 4) is 5.75 Å². The van der Waals surface area contributed by atoms with Crippen molar-refractivity contribution in [3.63, 3.8) is 0 Å². The topological polar surface area (TPSA) is 76.7 Å². The number of benzene rings is 3. The third kappa shape index (κ3) is 5.25. The lowest BCUT2D eigenvalue weighted by Gasteiger charge is -2.08. The van der Waals surface area contributed by atoms with Crippen LogP contribution in [0.15, 0.2) is 81.5 Å². The Kier molecular flexibility index (Phi) is 6.54. The Morgan fingerprint density at radius 3 is 2.77 bits per heavy atom. The van der Waals surface area contributed by atoms with Crippen molar-refractivity contribution in [2.24, 2.45) is 5.10 Å². The molecule has 156 valence electrons. The Balaban J connectivity index is 1.43. The molecule has 1 N–H and O–H groups in total. The lowest BCUT2D eigenvalue weighted by Crippen LogP contribution is -2.17. The highest BCUT2D eigenvalue weighted by atomic mass is 35.5. The highest BCUT2D eigenvalue weighted by molar-refractivity contribution is 7.98. The first kappa shape index (κ1) is 21.0. The van der Waals surface area contributed by atoms with Gasteiger partial charge in [0, 0.05) is 21.9 Å². The average Bonchev–Trinajstić information content (AvgIpc) is 3.21. The minimum atomic E-state index is -0.312. The number of nitrogens with one attached hydrogen (secondary N) is 1. The van der Waals surface area contributed by atoms with E-state index < -0.39 is 0 Å². The maximum absolute atomic E-state index is 12.1. The molecule has 0 atom stereocenters. The van der Waals surface area contributed by atoms with Gasteiger partial charge in [0.1, 0.15) is 11.3 Å². The second kappa shape index (κ2) is 9.68. The van der Waals surface area contributed by atoms with Gasteiger partial charge in [0.25, 0.3) is 11.1 Å². The van der Waals surface area contributed by atoms with Crippen molar-refractivity contribution in [3.05, 3.63) is 88.4 Å². The van der Waals surface area contributed by atoms with Crippen molar-refractivity contribution in [2.75, 3.05) is 7.11 Å². The van der Waals surface area contributed by atoms with Crippen LogP contribution in [0.4, 0.5) is 0 Å². The maximum Gasteiger partial charge on any atom is 0.271 e. The monoisotopic (exact) mass is 451 g/mol. The molecule has 4 aromatic rings. The van der Waals surface area contributed by atoms with Crippen LogP contribution in [0.25, 0.3) is 11.1 Å². The first-order valence-corrected chi connectivity index (χ1v) is 10.7. The number of rotatable bonds is 7. The fourth-order valence-electron chi connectivity index (χ4n) is 2.88. The first-order chi connectivity index (χ1) is 15.1. The van der Waals surface area contributed by atoms with E-state index >= 15 is 0 Å². The molecule has 1 aromatic heterocycles. The van der Waals surface area contributed by atoms with Crippen molar-refractivity contribution < 1.29 is 13.9 Å². The van der Waals surface area contributed by atoms with E-state index in [-0.39, 0.29) is 5.91 Å². The summed E-state index contributed by atoms with van der Waals surface area (Å²) in [6.07, 6.45) is 1.58. The summed E-state index contributed by atoms with van der Waals surface area (Å²) in [5.74, 6) is 1.05. The van der Waals surface area contributed by atoms with Gasteiger partial charge in [0.2, 0.25) is 0 Å². The molecule has 1 amide bonds. The lowest BCUT2D eigenvalue weighted by molar-refractivity contribution is 0.0955. The molecule has 0 aliphatic carbocycles. The molecule has 8 heteroatoms. The number of methoxy groups -OCH3 is 1. The van der Waals surface area contributed by atoms with Gasteiger partial charge in [-0.1, -0.05) is 35.5 Å². The van der Waals surface area contributed by atoms with E-state index in [1.165, 1.54) is 11.8 Å². The molecule has 0 aliphatic heterocycles. The number of nitrogens with zero attached hydrogens (tertiary/aromatic N) is 2. The molecule has 1 heterocycles. The van der Waals surface area contributed by atoms with Crippen LogP contribution in [-0.2, 0) is 5.75 Å². The number of halogens is 1. The molecule has 0 saturated heterocycles. The van der Waals surface area contributed by atoms with E-state index in [4.69, 9.17) is 20.8 Å². The Bertz CT molecular complexity index is 1210. The second-order valence-electron chi connectivity index (χ2n) is 6.51. The third-order valence-corrected chi connectivity index (χ3v) is 5.54. The van der Waals surface area contributed by atoms with Crippen LogP contribution < -0.4 is 10.2 Å². The van der Waals surface area contributed by atoms with Gasteiger partial charge in [-0.2, -0.15) is 5.10 Å². The zero-order valence-corrected chi connectivity index (χ0v) is 18.1. The molecule has 0 bridgehead atoms. The smallest absolute Gasteiger partial charge is 0.271 e. The predicted molar refractivity (Wildman–Crippen MR) is 123 cm³/mol. The number of oxazole rings is 1. The van der Waals surface area contributed by atoms with Crippen LogP contribution in [-0.4, -0.2) is 24.2 Å². The molecule has 31 heavy (non-hydrogen) atoms. The summed E-state index contributed by atoms with van der Waals surface area (Å²) in [5, 5.41) is 5.21. The van der Waals surface area contributed by atoms with Gasteiger partial charge in [0.15, 0.2) is 5.58 Å². The van der Waals surface area contributed by atoms with Gasteiger partial charge in [-0.3, -0.25) is 4.79 Å². The van der Waals surface area contributed by atoms with Crippen molar-refractivity contribution in [1.29, 1.82) is 0 Å². The zero-order valence-electron chi connectivity index (χ0n) is 16.5. The number of hydrogen-bond acceptors (Lipinski definition) is 6. The predicted octanol–water partition coefficient (Wildman–Crippen LogP) is 5.55. The molecule has 0 spiro atoms. The molecule has 4 rings (SSSR count). The number of hydrogen-bond donors (Lipinski definition) is 1. The molecule has 0 unspecified atom stereocenters. The normalized spacial score (nSPS) is 11.2. The largest absolute Gasteiger partial charge is 0.496 e. The number of amides is 1. The molecule has 3 aromatic carbocycles. The second-order valence-corrected chi connectivity index (χ2v) is 7.88. The fourth-order valence-corrected chi connectivity index (χ4v) is 3.82. The molecular weight excluding hydrogens is 434 g/mol. The highest BCUT2D eigenvalue weighted by Crippen LogP contribution is 2.30. The molecule has 0 fully saturated rings. The number of ether oxygens (including phenoxy) is 1. The minimum absolute atomic E-state index is 0.312. The van der Waals surface area contributed by atoms with E-state index in [2.05, 4.69) is 15.5 Å². The van der Waals surface area contributed by atoms with Gasteiger partial charge in [-0.15, -0.1) is 0 Å². The SMILES string of the molecule is COc1ccc(/C=N/NC(=O)c2ccc(Cl)cc2)cc1CSc1nc2ccccc2o1. The van der Waals surface area contributed by atoms with Crippen molar-refractivity contribution in [1.82, 2.24) is 10.4 Å². The first-order valence-electron chi connectivity index (χ1n) is 9.36. The zero-order chi connectivity index (χ0) is 21.6. The quantitative estimate of drug-likeness (QED) is 0.226. The van der Waals surface area contributed by atoms with Crippen LogP contribution in [0.3, 0.4) is 0 Å². The minimum Gasteiger partial charge on any atom is -0.496 e. The summed E-state index contributed by atoms with van der Waals surface area (Å²) < 4.78 is 11.2. The van der Waals surface area contributed by atoms with Gasteiger partial charge in [-0.25, -0.2) is 10.4 Å². The molecule has 0 saturated carbocycles. The number of thioether (sulfide) groups is 1.